The third-order valence-corrected chi connectivity index (χ3v) is 1.33. The lowest BCUT2D eigenvalue weighted by Crippen LogP contribution is -2.35. The lowest BCUT2D eigenvalue weighted by Gasteiger charge is -2.10. The Morgan fingerprint density at radius 2 is 2.00 bits per heavy atom. The molecular weight excluding hydrogens is 176 g/mol. The van der Waals surface area contributed by atoms with Crippen LogP contribution in [0.2, 0.25) is 0 Å². The van der Waals surface area contributed by atoms with Crippen molar-refractivity contribution < 1.29 is 15.0 Å². The molecule has 7 nitrogen and oxygen atoms in total. The molecule has 2 atom stereocenters. The van der Waals surface area contributed by atoms with Gasteiger partial charge in [-0.3, -0.25) is 9.79 Å². The van der Waals surface area contributed by atoms with Crippen LogP contribution in [0.1, 0.15) is 6.42 Å². The molecule has 7 heteroatoms. The van der Waals surface area contributed by atoms with Crippen molar-refractivity contribution in [3.05, 3.63) is 0 Å². The normalized spacial score (nSPS) is 14.6. The first-order valence-corrected chi connectivity index (χ1v) is 3.65. The molecule has 0 fully saturated rings. The van der Waals surface area contributed by atoms with Gasteiger partial charge in [0.05, 0.1) is 12.6 Å². The Morgan fingerprint density at radius 1 is 1.46 bits per heavy atom. The number of aliphatic hydroxyl groups excluding tert-OH is 1. The molecule has 13 heavy (non-hydrogen) atoms. The van der Waals surface area contributed by atoms with Crippen molar-refractivity contribution in [1.29, 1.82) is 0 Å². The number of aliphatic carboxylic acids is 1. The Bertz CT molecular complexity index is 202. The molecule has 0 aliphatic rings. The second-order valence-corrected chi connectivity index (χ2v) is 2.60. The zero-order chi connectivity index (χ0) is 10.4. The van der Waals surface area contributed by atoms with E-state index in [0.29, 0.717) is 0 Å². The van der Waals surface area contributed by atoms with Crippen molar-refractivity contribution in [3.8, 4) is 0 Å². The largest absolute Gasteiger partial charge is 0.480 e. The van der Waals surface area contributed by atoms with Gasteiger partial charge in [0.25, 0.3) is 0 Å². The Labute approximate surface area is 75.2 Å². The number of aliphatic imine (C=N–C) groups is 1. The fourth-order valence-corrected chi connectivity index (χ4v) is 0.679. The molecule has 0 aromatic carbocycles. The van der Waals surface area contributed by atoms with Crippen molar-refractivity contribution in [2.45, 2.75) is 18.6 Å². The molecular formula is C6H14N4O3. The van der Waals surface area contributed by atoms with Crippen LogP contribution in [0, 0.1) is 0 Å². The number of aliphatic hydroxyl groups is 1. The molecule has 8 N–H and O–H groups in total. The standard InChI is InChI=1S/C6H14N4O3/c7-4(5(12)13)1-3(11)2-10-6(8)9/h3-4,11H,1-2,7H2,(H,12,13)(H4,8,9,10)/t3-,4-/m0/s1. The number of rotatable bonds is 5. The van der Waals surface area contributed by atoms with Crippen LogP contribution in [-0.4, -0.2) is 40.8 Å². The summed E-state index contributed by atoms with van der Waals surface area (Å²) in [7, 11) is 0. The molecule has 0 amide bonds. The average Bonchev–Trinajstić information content (AvgIpc) is 2.00. The van der Waals surface area contributed by atoms with E-state index in [-0.39, 0.29) is 18.9 Å². The van der Waals surface area contributed by atoms with E-state index < -0.39 is 18.1 Å². The predicted molar refractivity (Wildman–Crippen MR) is 46.9 cm³/mol. The summed E-state index contributed by atoms with van der Waals surface area (Å²) in [6.45, 7) is -0.0384. The van der Waals surface area contributed by atoms with Crippen molar-refractivity contribution >= 4 is 11.9 Å². The van der Waals surface area contributed by atoms with E-state index in [1.165, 1.54) is 0 Å². The molecule has 0 unspecified atom stereocenters. The van der Waals surface area contributed by atoms with Gasteiger partial charge in [0.2, 0.25) is 0 Å². The first-order valence-electron chi connectivity index (χ1n) is 3.65. The maximum absolute atomic E-state index is 10.3. The summed E-state index contributed by atoms with van der Waals surface area (Å²) in [5, 5.41) is 17.5. The number of nitrogens with zero attached hydrogens (tertiary/aromatic N) is 1. The number of nitrogens with two attached hydrogens (primary N) is 3. The molecule has 0 spiro atoms. The summed E-state index contributed by atoms with van der Waals surface area (Å²) < 4.78 is 0. The zero-order valence-electron chi connectivity index (χ0n) is 7.05. The maximum atomic E-state index is 10.3. The lowest BCUT2D eigenvalue weighted by molar-refractivity contribution is -0.139. The molecule has 76 valence electrons. The number of carbonyl (C=O) groups is 1. The summed E-state index contributed by atoms with van der Waals surface area (Å²) in [4.78, 5) is 13.8. The van der Waals surface area contributed by atoms with Gasteiger partial charge < -0.3 is 27.4 Å². The summed E-state index contributed by atoms with van der Waals surface area (Å²) in [6, 6.07) is -1.09. The number of hydrogen-bond donors (Lipinski definition) is 5. The SMILES string of the molecule is NC(N)=NC[C@@H](O)C[C@H](N)C(=O)O. The third-order valence-electron chi connectivity index (χ3n) is 1.33. The first kappa shape index (κ1) is 11.7. The molecule has 0 bridgehead atoms. The van der Waals surface area contributed by atoms with Gasteiger partial charge in [-0.2, -0.15) is 0 Å². The van der Waals surface area contributed by atoms with E-state index in [4.69, 9.17) is 27.4 Å². The number of carboxylic acids is 1. The second-order valence-electron chi connectivity index (χ2n) is 2.60. The molecule has 0 aromatic rings. The number of hydrogen-bond acceptors (Lipinski definition) is 4. The molecule has 0 heterocycles. The smallest absolute Gasteiger partial charge is 0.320 e. The second kappa shape index (κ2) is 5.33. The van der Waals surface area contributed by atoms with Gasteiger partial charge in [0.15, 0.2) is 5.96 Å². The Morgan fingerprint density at radius 3 is 2.38 bits per heavy atom. The monoisotopic (exact) mass is 190 g/mol. The predicted octanol–water partition coefficient (Wildman–Crippen LogP) is -2.58. The van der Waals surface area contributed by atoms with Crippen molar-refractivity contribution in [2.75, 3.05) is 6.54 Å². The third kappa shape index (κ3) is 5.88. The molecule has 0 saturated heterocycles. The highest BCUT2D eigenvalue weighted by Crippen LogP contribution is 1.96. The van der Waals surface area contributed by atoms with Crippen LogP contribution in [0.4, 0.5) is 0 Å². The highest BCUT2D eigenvalue weighted by atomic mass is 16.4. The molecule has 0 radical (unpaired) electrons. The minimum atomic E-state index is -1.16. The highest BCUT2D eigenvalue weighted by Gasteiger charge is 2.16. The van der Waals surface area contributed by atoms with Crippen molar-refractivity contribution in [2.24, 2.45) is 22.2 Å². The van der Waals surface area contributed by atoms with Crippen molar-refractivity contribution in [1.82, 2.24) is 0 Å². The van der Waals surface area contributed by atoms with E-state index in [9.17, 15) is 4.79 Å². The fraction of sp³-hybridized carbons (Fsp3) is 0.667. The summed E-state index contributed by atoms with van der Waals surface area (Å²) in [5.74, 6) is -1.31. The van der Waals surface area contributed by atoms with Gasteiger partial charge in [-0.05, 0) is 0 Å². The van der Waals surface area contributed by atoms with E-state index in [0.717, 1.165) is 0 Å². The summed E-state index contributed by atoms with van der Waals surface area (Å²) >= 11 is 0. The highest BCUT2D eigenvalue weighted by molar-refractivity contribution is 5.75. The lowest BCUT2D eigenvalue weighted by atomic mass is 10.1. The van der Waals surface area contributed by atoms with E-state index in [1.54, 1.807) is 0 Å². The minimum Gasteiger partial charge on any atom is -0.480 e. The summed E-state index contributed by atoms with van der Waals surface area (Å²) in [6.07, 6.45) is -1.01. The molecule has 0 aliphatic carbocycles. The fourth-order valence-electron chi connectivity index (χ4n) is 0.679. The van der Waals surface area contributed by atoms with E-state index in [2.05, 4.69) is 4.99 Å². The Balaban J connectivity index is 3.80. The Kier molecular flexibility index (Phi) is 4.78. The van der Waals surface area contributed by atoms with Crippen LogP contribution in [-0.2, 0) is 4.79 Å². The van der Waals surface area contributed by atoms with Gasteiger partial charge in [-0.1, -0.05) is 0 Å². The van der Waals surface area contributed by atoms with Crippen LogP contribution in [0.5, 0.6) is 0 Å². The van der Waals surface area contributed by atoms with Gasteiger partial charge in [-0.25, -0.2) is 0 Å². The number of guanidine groups is 1. The van der Waals surface area contributed by atoms with Crippen LogP contribution < -0.4 is 17.2 Å². The van der Waals surface area contributed by atoms with Gasteiger partial charge in [0.1, 0.15) is 6.04 Å². The molecule has 0 rings (SSSR count). The van der Waals surface area contributed by atoms with Gasteiger partial charge >= 0.3 is 5.97 Å². The number of carboxylic acid groups (broad SMARTS) is 1. The zero-order valence-corrected chi connectivity index (χ0v) is 7.05. The maximum Gasteiger partial charge on any atom is 0.320 e. The minimum absolute atomic E-state index is 0.0384. The van der Waals surface area contributed by atoms with Crippen LogP contribution in [0.15, 0.2) is 4.99 Å². The van der Waals surface area contributed by atoms with Crippen LogP contribution >= 0.6 is 0 Å². The van der Waals surface area contributed by atoms with Crippen molar-refractivity contribution in [3.63, 3.8) is 0 Å². The van der Waals surface area contributed by atoms with Crippen LogP contribution in [0.25, 0.3) is 0 Å². The first-order chi connectivity index (χ1) is 5.93. The molecule has 0 aromatic heterocycles. The van der Waals surface area contributed by atoms with Crippen LogP contribution in [0.3, 0.4) is 0 Å². The van der Waals surface area contributed by atoms with E-state index in [1.807, 2.05) is 0 Å². The molecule has 0 aliphatic heterocycles. The van der Waals surface area contributed by atoms with Gasteiger partial charge in [0, 0.05) is 6.42 Å². The Hall–Kier alpha value is -1.34. The average molecular weight is 190 g/mol. The quantitative estimate of drug-likeness (QED) is 0.237. The van der Waals surface area contributed by atoms with E-state index >= 15 is 0 Å². The van der Waals surface area contributed by atoms with Gasteiger partial charge in [-0.15, -0.1) is 0 Å². The summed E-state index contributed by atoms with van der Waals surface area (Å²) in [5.41, 5.74) is 15.2. The molecule has 0 saturated carbocycles. The topological polar surface area (TPSA) is 148 Å².